The molecule has 1 aliphatic carbocycles. The van der Waals surface area contributed by atoms with E-state index in [1.165, 1.54) is 17.0 Å². The van der Waals surface area contributed by atoms with E-state index in [4.69, 9.17) is 4.42 Å². The number of thiophene rings is 1. The third-order valence-corrected chi connectivity index (χ3v) is 5.88. The Bertz CT molecular complexity index is 838. The maximum atomic E-state index is 12.6. The monoisotopic (exact) mass is 375 g/mol. The second-order valence-corrected chi connectivity index (χ2v) is 7.46. The molecule has 0 spiro atoms. The van der Waals surface area contributed by atoms with Crippen LogP contribution in [-0.2, 0) is 4.79 Å². The zero-order valence-electron chi connectivity index (χ0n) is 13.9. The lowest BCUT2D eigenvalue weighted by Crippen LogP contribution is -2.51. The second-order valence-electron chi connectivity index (χ2n) is 6.48. The van der Waals surface area contributed by atoms with Gasteiger partial charge in [0.1, 0.15) is 4.92 Å². The number of nitrogens with zero attached hydrogens (tertiary/aromatic N) is 3. The highest BCUT2D eigenvalue weighted by atomic mass is 32.1. The summed E-state index contributed by atoms with van der Waals surface area (Å²) in [7, 11) is 0. The number of piperazine rings is 1. The zero-order chi connectivity index (χ0) is 18.3. The molecule has 2 aromatic heterocycles. The van der Waals surface area contributed by atoms with Crippen LogP contribution < -0.4 is 0 Å². The Morgan fingerprint density at radius 1 is 1.15 bits per heavy atom. The Hall–Kier alpha value is -2.68. The van der Waals surface area contributed by atoms with Gasteiger partial charge in [-0.1, -0.05) is 6.07 Å². The molecule has 1 aliphatic heterocycles. The molecule has 4 rings (SSSR count). The minimum Gasteiger partial charge on any atom is -0.395 e. The van der Waals surface area contributed by atoms with Crippen molar-refractivity contribution in [1.82, 2.24) is 9.80 Å². The Labute approximate surface area is 153 Å². The normalized spacial score (nSPS) is 22.3. The lowest BCUT2D eigenvalue weighted by atomic mass is 10.2. The van der Waals surface area contributed by atoms with E-state index < -0.39 is 10.8 Å². The van der Waals surface area contributed by atoms with E-state index in [1.54, 1.807) is 16.2 Å². The highest BCUT2D eigenvalue weighted by molar-refractivity contribution is 7.10. The first-order valence-electron chi connectivity index (χ1n) is 8.40. The van der Waals surface area contributed by atoms with Gasteiger partial charge in [0.25, 0.3) is 5.91 Å². The highest BCUT2D eigenvalue weighted by Crippen LogP contribution is 2.50. The lowest BCUT2D eigenvalue weighted by Gasteiger charge is -2.34. The summed E-state index contributed by atoms with van der Waals surface area (Å²) in [6, 6.07) is 6.56. The van der Waals surface area contributed by atoms with Crippen molar-refractivity contribution in [1.29, 1.82) is 0 Å². The summed E-state index contributed by atoms with van der Waals surface area (Å²) < 4.78 is 4.97. The smallest absolute Gasteiger partial charge is 0.395 e. The van der Waals surface area contributed by atoms with Crippen molar-refractivity contribution < 1.29 is 18.9 Å². The van der Waals surface area contributed by atoms with Crippen molar-refractivity contribution in [2.75, 3.05) is 26.2 Å². The molecular weight excluding hydrogens is 358 g/mol. The predicted molar refractivity (Wildman–Crippen MR) is 93.0 cm³/mol. The first-order chi connectivity index (χ1) is 12.5. The largest absolute Gasteiger partial charge is 0.433 e. The Kier molecular flexibility index (Phi) is 4.23. The summed E-state index contributed by atoms with van der Waals surface area (Å²) in [6.45, 7) is 1.74. The molecule has 3 heterocycles. The number of nitro groups is 1. The molecule has 0 radical (unpaired) electrons. The number of carbonyl (C=O) groups is 2. The molecule has 0 bridgehead atoms. The van der Waals surface area contributed by atoms with Gasteiger partial charge in [0.2, 0.25) is 5.91 Å². The molecule has 2 atom stereocenters. The van der Waals surface area contributed by atoms with Crippen LogP contribution in [0.4, 0.5) is 5.88 Å². The van der Waals surface area contributed by atoms with Crippen LogP contribution in [0, 0.1) is 16.0 Å². The van der Waals surface area contributed by atoms with Crippen molar-refractivity contribution >= 4 is 29.0 Å². The van der Waals surface area contributed by atoms with Gasteiger partial charge >= 0.3 is 5.88 Å². The molecule has 1 saturated carbocycles. The number of carbonyl (C=O) groups excluding carboxylic acids is 2. The van der Waals surface area contributed by atoms with Gasteiger partial charge in [-0.05, 0) is 23.9 Å². The maximum absolute atomic E-state index is 12.6. The summed E-state index contributed by atoms with van der Waals surface area (Å²) in [5.41, 5.74) is 0. The molecule has 9 heteroatoms. The highest BCUT2D eigenvalue weighted by Gasteiger charge is 2.46. The minimum atomic E-state index is -0.674. The molecule has 1 saturated heterocycles. The first-order valence-corrected chi connectivity index (χ1v) is 9.28. The van der Waals surface area contributed by atoms with E-state index in [-0.39, 0.29) is 23.5 Å². The van der Waals surface area contributed by atoms with E-state index in [9.17, 15) is 19.7 Å². The molecule has 0 N–H and O–H groups in total. The average molecular weight is 375 g/mol. The molecular formula is C17H17N3O5S. The van der Waals surface area contributed by atoms with Gasteiger partial charge in [0.05, 0.1) is 6.07 Å². The Morgan fingerprint density at radius 3 is 2.50 bits per heavy atom. The van der Waals surface area contributed by atoms with Crippen LogP contribution in [0.25, 0.3) is 0 Å². The average Bonchev–Trinajstić information content (AvgIpc) is 3.06. The van der Waals surface area contributed by atoms with Crippen molar-refractivity contribution in [3.8, 4) is 0 Å². The molecule has 2 aromatic rings. The lowest BCUT2D eigenvalue weighted by molar-refractivity contribution is -0.402. The van der Waals surface area contributed by atoms with E-state index in [0.29, 0.717) is 32.1 Å². The van der Waals surface area contributed by atoms with Crippen molar-refractivity contribution in [3.05, 3.63) is 50.4 Å². The van der Waals surface area contributed by atoms with Crippen LogP contribution in [-0.4, -0.2) is 52.7 Å². The Balaban J connectivity index is 1.32. The molecule has 8 nitrogen and oxygen atoms in total. The van der Waals surface area contributed by atoms with Gasteiger partial charge in [0, 0.05) is 42.9 Å². The van der Waals surface area contributed by atoms with Crippen LogP contribution in [0.1, 0.15) is 27.8 Å². The predicted octanol–water partition coefficient (Wildman–Crippen LogP) is 2.34. The summed E-state index contributed by atoms with van der Waals surface area (Å²) in [5, 5.41) is 12.7. The fourth-order valence-corrected chi connectivity index (χ4v) is 4.25. The molecule has 26 heavy (non-hydrogen) atoms. The van der Waals surface area contributed by atoms with E-state index in [2.05, 4.69) is 6.07 Å². The topological polar surface area (TPSA) is 96.9 Å². The fourth-order valence-electron chi connectivity index (χ4n) is 3.35. The SMILES string of the molecule is O=C(c1ccc([N+](=O)[O-])o1)N1CCN(C(=O)C2CC2c2cccs2)CC1. The fraction of sp³-hybridized carbons (Fsp3) is 0.412. The van der Waals surface area contributed by atoms with E-state index >= 15 is 0 Å². The van der Waals surface area contributed by atoms with Crippen LogP contribution >= 0.6 is 11.3 Å². The standard InChI is InChI=1S/C17H17N3O5S/c21-16(12-10-11(12)14-2-1-9-26-14)18-5-7-19(8-6-18)17(22)13-3-4-15(25-13)20(23)24/h1-4,9,11-12H,5-8,10H2. The number of amides is 2. The third kappa shape index (κ3) is 3.10. The van der Waals surface area contributed by atoms with Crippen molar-refractivity contribution in [2.24, 2.45) is 5.92 Å². The number of rotatable bonds is 4. The van der Waals surface area contributed by atoms with Gasteiger partial charge in [0.15, 0.2) is 5.76 Å². The number of hydrogen-bond donors (Lipinski definition) is 0. The van der Waals surface area contributed by atoms with Crippen molar-refractivity contribution in [3.63, 3.8) is 0 Å². The summed E-state index contributed by atoms with van der Waals surface area (Å²) in [6.07, 6.45) is 0.897. The molecule has 2 fully saturated rings. The minimum absolute atomic E-state index is 0.0450. The van der Waals surface area contributed by atoms with Gasteiger partial charge in [-0.15, -0.1) is 11.3 Å². The van der Waals surface area contributed by atoms with Crippen LogP contribution in [0.15, 0.2) is 34.1 Å². The second kappa shape index (κ2) is 6.56. The summed E-state index contributed by atoms with van der Waals surface area (Å²) >= 11 is 1.69. The van der Waals surface area contributed by atoms with Crippen LogP contribution in [0.5, 0.6) is 0 Å². The molecule has 2 amide bonds. The summed E-state index contributed by atoms with van der Waals surface area (Å²) in [5.74, 6) is -0.321. The van der Waals surface area contributed by atoms with Crippen LogP contribution in [0.2, 0.25) is 0 Å². The summed E-state index contributed by atoms with van der Waals surface area (Å²) in [4.78, 5) is 39.6. The van der Waals surface area contributed by atoms with Gasteiger partial charge < -0.3 is 14.2 Å². The number of hydrogen-bond acceptors (Lipinski definition) is 6. The van der Waals surface area contributed by atoms with Gasteiger partial charge in [-0.2, -0.15) is 0 Å². The zero-order valence-corrected chi connectivity index (χ0v) is 14.7. The first kappa shape index (κ1) is 16.8. The van der Waals surface area contributed by atoms with E-state index in [1.807, 2.05) is 16.3 Å². The van der Waals surface area contributed by atoms with Crippen molar-refractivity contribution in [2.45, 2.75) is 12.3 Å². The van der Waals surface area contributed by atoms with Gasteiger partial charge in [-0.25, -0.2) is 0 Å². The molecule has 136 valence electrons. The van der Waals surface area contributed by atoms with E-state index in [0.717, 1.165) is 6.42 Å². The van der Waals surface area contributed by atoms with Gasteiger partial charge in [-0.3, -0.25) is 19.7 Å². The molecule has 0 aromatic carbocycles. The molecule has 2 unspecified atom stereocenters. The number of furan rings is 1. The quantitative estimate of drug-likeness (QED) is 0.603. The third-order valence-electron chi connectivity index (χ3n) is 4.88. The molecule has 2 aliphatic rings. The maximum Gasteiger partial charge on any atom is 0.433 e. The Morgan fingerprint density at radius 2 is 1.88 bits per heavy atom. The van der Waals surface area contributed by atoms with Crippen LogP contribution in [0.3, 0.4) is 0 Å².